The third-order valence-electron chi connectivity index (χ3n) is 4.61. The Morgan fingerprint density at radius 2 is 2.00 bits per heavy atom. The molecule has 0 aliphatic carbocycles. The van der Waals surface area contributed by atoms with Crippen molar-refractivity contribution in [3.63, 3.8) is 0 Å². The quantitative estimate of drug-likeness (QED) is 0.381. The Morgan fingerprint density at radius 3 is 2.55 bits per heavy atom. The van der Waals surface area contributed by atoms with Crippen LogP contribution in [-0.2, 0) is 16.1 Å². The van der Waals surface area contributed by atoms with Crippen LogP contribution in [0.3, 0.4) is 0 Å². The van der Waals surface area contributed by atoms with E-state index in [1.807, 2.05) is 25.4 Å². The summed E-state index contributed by atoms with van der Waals surface area (Å²) in [5.74, 6) is 0.678. The topological polar surface area (TPSA) is 122 Å². The highest BCUT2D eigenvalue weighted by atomic mass is 16.1. The molecule has 0 atom stereocenters. The van der Waals surface area contributed by atoms with Gasteiger partial charge in [-0.15, -0.1) is 0 Å². The second-order valence-electron chi connectivity index (χ2n) is 6.95. The van der Waals surface area contributed by atoms with Gasteiger partial charge in [-0.2, -0.15) is 0 Å². The maximum Gasteiger partial charge on any atom is 0.224 e. The van der Waals surface area contributed by atoms with Gasteiger partial charge in [0.15, 0.2) is 0 Å². The summed E-state index contributed by atoms with van der Waals surface area (Å²) in [6, 6.07) is 7.32. The Bertz CT molecular complexity index is 891. The van der Waals surface area contributed by atoms with Gasteiger partial charge in [0, 0.05) is 32.2 Å². The van der Waals surface area contributed by atoms with Crippen molar-refractivity contribution in [3.8, 4) is 0 Å². The Morgan fingerprint density at radius 1 is 1.23 bits per heavy atom. The average Bonchev–Trinajstić information content (AvgIpc) is 2.84. The lowest BCUT2D eigenvalue weighted by Gasteiger charge is -2.13. The number of aldehydes is 1. The van der Waals surface area contributed by atoms with Crippen LogP contribution >= 0.6 is 0 Å². The predicted octanol–water partition coefficient (Wildman–Crippen LogP) is 2.51. The number of benzene rings is 1. The molecule has 0 spiro atoms. The first kappa shape index (κ1) is 23.9. The van der Waals surface area contributed by atoms with Gasteiger partial charge in [0.05, 0.1) is 18.1 Å². The van der Waals surface area contributed by atoms with Crippen molar-refractivity contribution < 1.29 is 9.59 Å². The van der Waals surface area contributed by atoms with E-state index >= 15 is 0 Å². The molecule has 1 aromatic carbocycles. The molecule has 0 fully saturated rings. The molecule has 5 N–H and O–H groups in total. The van der Waals surface area contributed by atoms with Crippen molar-refractivity contribution in [2.45, 2.75) is 25.8 Å². The second-order valence-corrected chi connectivity index (χ2v) is 6.95. The van der Waals surface area contributed by atoms with E-state index in [1.54, 1.807) is 18.3 Å². The zero-order valence-corrected chi connectivity index (χ0v) is 17.9. The summed E-state index contributed by atoms with van der Waals surface area (Å²) < 4.78 is 0. The summed E-state index contributed by atoms with van der Waals surface area (Å²) in [6.45, 7) is 5.96. The summed E-state index contributed by atoms with van der Waals surface area (Å²) in [6.07, 6.45) is 8.11. The summed E-state index contributed by atoms with van der Waals surface area (Å²) >= 11 is 0. The fourth-order valence-corrected chi connectivity index (χ4v) is 2.76. The number of rotatable bonds is 8. The summed E-state index contributed by atoms with van der Waals surface area (Å²) in [7, 11) is 1.84. The minimum absolute atomic E-state index is 0.131. The van der Waals surface area contributed by atoms with Crippen molar-refractivity contribution in [2.24, 2.45) is 5.73 Å². The number of nitrogens with two attached hydrogens (primary N) is 1. The fraction of sp³-hybridized carbons (Fsp3) is 0.304. The van der Waals surface area contributed by atoms with E-state index in [0.29, 0.717) is 24.8 Å². The minimum atomic E-state index is -0.131. The van der Waals surface area contributed by atoms with Crippen molar-refractivity contribution in [1.82, 2.24) is 15.3 Å². The van der Waals surface area contributed by atoms with E-state index in [2.05, 4.69) is 38.6 Å². The predicted molar refractivity (Wildman–Crippen MR) is 124 cm³/mol. The lowest BCUT2D eigenvalue weighted by molar-refractivity contribution is -0.116. The van der Waals surface area contributed by atoms with Gasteiger partial charge in [-0.1, -0.05) is 24.8 Å². The van der Waals surface area contributed by atoms with E-state index in [4.69, 9.17) is 5.73 Å². The van der Waals surface area contributed by atoms with E-state index < -0.39 is 0 Å². The summed E-state index contributed by atoms with van der Waals surface area (Å²) in [5.41, 5.74) is 9.92. The van der Waals surface area contributed by atoms with Crippen molar-refractivity contribution in [1.29, 1.82) is 0 Å². The minimum Gasteiger partial charge on any atom is -0.372 e. The molecule has 0 radical (unpaired) electrons. The van der Waals surface area contributed by atoms with Gasteiger partial charge in [-0.3, -0.25) is 14.6 Å². The van der Waals surface area contributed by atoms with Crippen molar-refractivity contribution in [3.05, 3.63) is 66.1 Å². The molecule has 3 rings (SSSR count). The molecule has 2 aromatic rings. The highest BCUT2D eigenvalue weighted by Crippen LogP contribution is 2.17. The normalized spacial score (nSPS) is 12.6. The fourth-order valence-electron chi connectivity index (χ4n) is 2.76. The van der Waals surface area contributed by atoms with Crippen LogP contribution in [0.2, 0.25) is 0 Å². The zero-order valence-electron chi connectivity index (χ0n) is 17.9. The Kier molecular flexibility index (Phi) is 10.1. The Hall–Kier alpha value is -3.36. The van der Waals surface area contributed by atoms with Crippen molar-refractivity contribution >= 4 is 29.3 Å². The third-order valence-corrected chi connectivity index (χ3v) is 4.61. The maximum absolute atomic E-state index is 11.5. The molecule has 1 amide bonds. The van der Waals surface area contributed by atoms with Gasteiger partial charge in [0.25, 0.3) is 0 Å². The number of aromatic nitrogens is 2. The SMILES string of the molecule is C=C(C=O)CCC(=O)Nc1ccc(CN)cc1.CNc1cnc(C2=CCNCC2)cn1. The first-order valence-electron chi connectivity index (χ1n) is 10.2. The van der Waals surface area contributed by atoms with Crippen LogP contribution in [-0.4, -0.2) is 42.3 Å². The van der Waals surface area contributed by atoms with Crippen LogP contribution in [0.1, 0.15) is 30.5 Å². The van der Waals surface area contributed by atoms with E-state index in [9.17, 15) is 9.59 Å². The molecule has 0 unspecified atom stereocenters. The molecule has 1 aliphatic heterocycles. The van der Waals surface area contributed by atoms with Gasteiger partial charge < -0.3 is 21.7 Å². The molecule has 0 saturated heterocycles. The summed E-state index contributed by atoms with van der Waals surface area (Å²) in [5, 5.41) is 8.96. The summed E-state index contributed by atoms with van der Waals surface area (Å²) in [4.78, 5) is 30.4. The smallest absolute Gasteiger partial charge is 0.224 e. The highest BCUT2D eigenvalue weighted by molar-refractivity contribution is 5.91. The number of carbonyl (C=O) groups excluding carboxylic acids is 2. The largest absolute Gasteiger partial charge is 0.372 e. The van der Waals surface area contributed by atoms with Crippen LogP contribution in [0.4, 0.5) is 11.5 Å². The van der Waals surface area contributed by atoms with Crippen LogP contribution in [0.5, 0.6) is 0 Å². The van der Waals surface area contributed by atoms with Gasteiger partial charge in [0.2, 0.25) is 5.91 Å². The van der Waals surface area contributed by atoms with Gasteiger partial charge in [0.1, 0.15) is 12.1 Å². The second kappa shape index (κ2) is 13.0. The number of carbonyl (C=O) groups is 2. The lowest BCUT2D eigenvalue weighted by Crippen LogP contribution is -2.20. The lowest BCUT2D eigenvalue weighted by atomic mass is 10.1. The van der Waals surface area contributed by atoms with Gasteiger partial charge in [-0.25, -0.2) is 4.98 Å². The monoisotopic (exact) mass is 422 g/mol. The third kappa shape index (κ3) is 8.49. The average molecular weight is 423 g/mol. The molecule has 1 aromatic heterocycles. The van der Waals surface area contributed by atoms with E-state index in [0.717, 1.165) is 42.3 Å². The zero-order chi connectivity index (χ0) is 22.5. The Labute approximate surface area is 183 Å². The molecule has 0 saturated carbocycles. The van der Waals surface area contributed by atoms with Crippen LogP contribution in [0.15, 0.2) is 54.9 Å². The molecule has 164 valence electrons. The number of anilines is 2. The number of allylic oxidation sites excluding steroid dienone is 1. The molecular weight excluding hydrogens is 392 g/mol. The number of nitrogens with one attached hydrogen (secondary N) is 3. The Balaban J connectivity index is 0.000000224. The molecule has 2 heterocycles. The van der Waals surface area contributed by atoms with E-state index in [1.165, 1.54) is 5.57 Å². The molecule has 8 heteroatoms. The van der Waals surface area contributed by atoms with Gasteiger partial charge >= 0.3 is 0 Å². The number of hydrogen-bond acceptors (Lipinski definition) is 7. The first-order valence-corrected chi connectivity index (χ1v) is 10.2. The van der Waals surface area contributed by atoms with Gasteiger partial charge in [-0.05, 0) is 48.2 Å². The number of nitrogens with zero attached hydrogens (tertiary/aromatic N) is 2. The standard InChI is InChI=1S/C13H16N2O2.C10H14N4/c1-10(9-16)2-7-13(17)15-12-5-3-11(8-14)4-6-12;1-11-10-7-13-9(6-14-10)8-2-4-12-5-3-8/h3-6,9H,1-2,7-8,14H2,(H,15,17);2,6-7,12H,3-5H2,1H3,(H,11,14). The van der Waals surface area contributed by atoms with Crippen LogP contribution in [0.25, 0.3) is 5.57 Å². The highest BCUT2D eigenvalue weighted by Gasteiger charge is 2.07. The number of amides is 1. The molecule has 1 aliphatic rings. The van der Waals surface area contributed by atoms with Crippen molar-refractivity contribution in [2.75, 3.05) is 30.8 Å². The van der Waals surface area contributed by atoms with Crippen LogP contribution < -0.4 is 21.7 Å². The first-order chi connectivity index (χ1) is 15.0. The number of hydrogen-bond donors (Lipinski definition) is 4. The van der Waals surface area contributed by atoms with E-state index in [-0.39, 0.29) is 12.3 Å². The molecule has 0 bridgehead atoms. The molecule has 8 nitrogen and oxygen atoms in total. The molecular formula is C23H30N6O2. The van der Waals surface area contributed by atoms with Crippen LogP contribution in [0, 0.1) is 0 Å². The maximum atomic E-state index is 11.5. The molecule has 31 heavy (non-hydrogen) atoms.